The SMILES string of the molecule is O=C(O)C1CCCN1C(=O)Cc1nc(-c2ccc(F)cc2)cs1. The topological polar surface area (TPSA) is 70.5 Å². The zero-order chi connectivity index (χ0) is 16.4. The highest BCUT2D eigenvalue weighted by Gasteiger charge is 2.34. The molecule has 3 rings (SSSR count). The largest absolute Gasteiger partial charge is 0.480 e. The third-order valence-corrected chi connectivity index (χ3v) is 4.70. The van der Waals surface area contributed by atoms with E-state index in [9.17, 15) is 14.0 Å². The predicted molar refractivity (Wildman–Crippen MR) is 83.6 cm³/mol. The molecule has 0 saturated carbocycles. The Balaban J connectivity index is 1.70. The second-order valence-electron chi connectivity index (χ2n) is 5.39. The number of rotatable bonds is 4. The van der Waals surface area contributed by atoms with E-state index >= 15 is 0 Å². The number of amides is 1. The molecule has 1 aliphatic heterocycles. The first-order chi connectivity index (χ1) is 11.0. The summed E-state index contributed by atoms with van der Waals surface area (Å²) >= 11 is 1.35. The summed E-state index contributed by atoms with van der Waals surface area (Å²) in [5, 5.41) is 11.6. The number of carbonyl (C=O) groups excluding carboxylic acids is 1. The number of halogens is 1. The molecule has 1 amide bonds. The van der Waals surface area contributed by atoms with Crippen molar-refractivity contribution in [1.82, 2.24) is 9.88 Å². The monoisotopic (exact) mass is 334 g/mol. The van der Waals surface area contributed by atoms with Crippen LogP contribution in [0, 0.1) is 5.82 Å². The van der Waals surface area contributed by atoms with E-state index in [0.717, 1.165) is 5.56 Å². The van der Waals surface area contributed by atoms with Crippen molar-refractivity contribution in [2.24, 2.45) is 0 Å². The average molecular weight is 334 g/mol. The van der Waals surface area contributed by atoms with Crippen molar-refractivity contribution in [1.29, 1.82) is 0 Å². The van der Waals surface area contributed by atoms with Gasteiger partial charge in [0, 0.05) is 17.5 Å². The van der Waals surface area contributed by atoms with Gasteiger partial charge in [-0.15, -0.1) is 11.3 Å². The number of benzene rings is 1. The Morgan fingerprint density at radius 3 is 2.78 bits per heavy atom. The van der Waals surface area contributed by atoms with Gasteiger partial charge in [-0.05, 0) is 37.1 Å². The molecule has 1 aromatic carbocycles. The lowest BCUT2D eigenvalue weighted by molar-refractivity contribution is -0.148. The fourth-order valence-corrected chi connectivity index (χ4v) is 3.49. The highest BCUT2D eigenvalue weighted by molar-refractivity contribution is 7.10. The molecule has 1 fully saturated rings. The second-order valence-corrected chi connectivity index (χ2v) is 6.34. The van der Waals surface area contributed by atoms with Gasteiger partial charge in [0.2, 0.25) is 5.91 Å². The Morgan fingerprint density at radius 2 is 2.09 bits per heavy atom. The van der Waals surface area contributed by atoms with Crippen LogP contribution in [0.4, 0.5) is 4.39 Å². The number of nitrogens with zero attached hydrogens (tertiary/aromatic N) is 2. The number of likely N-dealkylation sites (tertiary alicyclic amines) is 1. The summed E-state index contributed by atoms with van der Waals surface area (Å²) in [6.07, 6.45) is 1.30. The smallest absolute Gasteiger partial charge is 0.326 e. The third-order valence-electron chi connectivity index (χ3n) is 3.85. The van der Waals surface area contributed by atoms with Crippen LogP contribution in [0.3, 0.4) is 0 Å². The Hall–Kier alpha value is -2.28. The van der Waals surface area contributed by atoms with Gasteiger partial charge >= 0.3 is 5.97 Å². The van der Waals surface area contributed by atoms with Crippen LogP contribution in [0.2, 0.25) is 0 Å². The first-order valence-corrected chi connectivity index (χ1v) is 8.15. The normalized spacial score (nSPS) is 17.4. The van der Waals surface area contributed by atoms with Crippen LogP contribution in [0.15, 0.2) is 29.6 Å². The third kappa shape index (κ3) is 3.39. The molecule has 1 aromatic heterocycles. The molecule has 0 spiro atoms. The number of hydrogen-bond acceptors (Lipinski definition) is 4. The fraction of sp³-hybridized carbons (Fsp3) is 0.312. The minimum absolute atomic E-state index is 0.0929. The number of aliphatic carboxylic acids is 1. The van der Waals surface area contributed by atoms with E-state index in [1.165, 1.54) is 28.4 Å². The molecule has 1 aliphatic rings. The summed E-state index contributed by atoms with van der Waals surface area (Å²) < 4.78 is 12.9. The van der Waals surface area contributed by atoms with Crippen LogP contribution in [0.1, 0.15) is 17.8 Å². The molecule has 120 valence electrons. The average Bonchev–Trinajstić information content (AvgIpc) is 3.16. The van der Waals surface area contributed by atoms with E-state index in [-0.39, 0.29) is 18.1 Å². The summed E-state index contributed by atoms with van der Waals surface area (Å²) in [5.41, 5.74) is 1.47. The van der Waals surface area contributed by atoms with Crippen LogP contribution < -0.4 is 0 Å². The molecule has 1 unspecified atom stereocenters. The van der Waals surface area contributed by atoms with Gasteiger partial charge < -0.3 is 10.0 Å². The van der Waals surface area contributed by atoms with Crippen LogP contribution in [-0.2, 0) is 16.0 Å². The van der Waals surface area contributed by atoms with Gasteiger partial charge in [0.1, 0.15) is 16.9 Å². The standard InChI is InChI=1S/C16H15FN2O3S/c17-11-5-3-10(4-6-11)12-9-23-14(18-12)8-15(20)19-7-1-2-13(19)16(21)22/h3-6,9,13H,1-2,7-8H2,(H,21,22). The molecule has 23 heavy (non-hydrogen) atoms. The van der Waals surface area contributed by atoms with E-state index in [1.807, 2.05) is 5.38 Å². The lowest BCUT2D eigenvalue weighted by Gasteiger charge is -2.20. The first kappa shape index (κ1) is 15.6. The van der Waals surface area contributed by atoms with E-state index in [1.54, 1.807) is 12.1 Å². The van der Waals surface area contributed by atoms with Crippen LogP contribution in [0.5, 0.6) is 0 Å². The van der Waals surface area contributed by atoms with Gasteiger partial charge in [-0.2, -0.15) is 0 Å². The molecule has 0 bridgehead atoms. The number of hydrogen-bond donors (Lipinski definition) is 1. The summed E-state index contributed by atoms with van der Waals surface area (Å²) in [4.78, 5) is 29.3. The second kappa shape index (κ2) is 6.45. The van der Waals surface area contributed by atoms with Crippen LogP contribution in [0.25, 0.3) is 11.3 Å². The molecule has 0 radical (unpaired) electrons. The Bertz CT molecular complexity index is 729. The van der Waals surface area contributed by atoms with Crippen molar-refractivity contribution < 1.29 is 19.1 Å². The van der Waals surface area contributed by atoms with Gasteiger partial charge in [-0.3, -0.25) is 4.79 Å². The summed E-state index contributed by atoms with van der Waals surface area (Å²) in [7, 11) is 0. The molecule has 1 N–H and O–H groups in total. The van der Waals surface area contributed by atoms with Crippen molar-refractivity contribution >= 4 is 23.2 Å². The van der Waals surface area contributed by atoms with E-state index in [4.69, 9.17) is 5.11 Å². The van der Waals surface area contributed by atoms with Crippen molar-refractivity contribution in [3.8, 4) is 11.3 Å². The molecule has 1 atom stereocenters. The van der Waals surface area contributed by atoms with Gasteiger partial charge in [-0.1, -0.05) is 0 Å². The minimum atomic E-state index is -0.956. The van der Waals surface area contributed by atoms with Crippen molar-refractivity contribution in [3.05, 3.63) is 40.5 Å². The zero-order valence-electron chi connectivity index (χ0n) is 12.2. The molecule has 2 aromatic rings. The predicted octanol–water partition coefficient (Wildman–Crippen LogP) is 2.57. The Morgan fingerprint density at radius 1 is 1.35 bits per heavy atom. The number of carboxylic acid groups (broad SMARTS) is 1. The zero-order valence-corrected chi connectivity index (χ0v) is 13.1. The quantitative estimate of drug-likeness (QED) is 0.933. The molecule has 5 nitrogen and oxygen atoms in total. The molecule has 2 heterocycles. The van der Waals surface area contributed by atoms with Crippen molar-refractivity contribution in [2.45, 2.75) is 25.3 Å². The van der Waals surface area contributed by atoms with Gasteiger partial charge in [0.05, 0.1) is 12.1 Å². The molecule has 0 aliphatic carbocycles. The summed E-state index contributed by atoms with van der Waals surface area (Å²) in [6, 6.07) is 5.27. The summed E-state index contributed by atoms with van der Waals surface area (Å²) in [5.74, 6) is -1.48. The number of carboxylic acids is 1. The molecule has 7 heteroatoms. The Labute approximate surface area is 136 Å². The fourth-order valence-electron chi connectivity index (χ4n) is 2.70. The minimum Gasteiger partial charge on any atom is -0.480 e. The molecule has 1 saturated heterocycles. The first-order valence-electron chi connectivity index (χ1n) is 7.27. The van der Waals surface area contributed by atoms with Crippen LogP contribution >= 0.6 is 11.3 Å². The Kier molecular flexibility index (Phi) is 4.38. The van der Waals surface area contributed by atoms with Crippen molar-refractivity contribution in [2.75, 3.05) is 6.54 Å². The van der Waals surface area contributed by atoms with E-state index < -0.39 is 12.0 Å². The number of thiazole rings is 1. The van der Waals surface area contributed by atoms with Gasteiger partial charge in [-0.25, -0.2) is 14.2 Å². The maximum Gasteiger partial charge on any atom is 0.326 e. The highest BCUT2D eigenvalue weighted by atomic mass is 32.1. The van der Waals surface area contributed by atoms with E-state index in [2.05, 4.69) is 4.98 Å². The lowest BCUT2D eigenvalue weighted by atomic mass is 10.2. The van der Waals surface area contributed by atoms with Crippen molar-refractivity contribution in [3.63, 3.8) is 0 Å². The highest BCUT2D eigenvalue weighted by Crippen LogP contribution is 2.24. The van der Waals surface area contributed by atoms with Crippen LogP contribution in [-0.4, -0.2) is 39.5 Å². The van der Waals surface area contributed by atoms with Gasteiger partial charge in [0.25, 0.3) is 0 Å². The molecular weight excluding hydrogens is 319 g/mol. The van der Waals surface area contributed by atoms with Gasteiger partial charge in [0.15, 0.2) is 0 Å². The van der Waals surface area contributed by atoms with E-state index in [0.29, 0.717) is 30.1 Å². The number of aromatic nitrogens is 1. The maximum absolute atomic E-state index is 12.9. The number of carbonyl (C=O) groups is 2. The lowest BCUT2D eigenvalue weighted by Crippen LogP contribution is -2.41. The molecular formula is C16H15FN2O3S. The maximum atomic E-state index is 12.9. The summed E-state index contributed by atoms with van der Waals surface area (Å²) in [6.45, 7) is 0.478.